The Morgan fingerprint density at radius 1 is 1.46 bits per heavy atom. The number of allylic oxidation sites excluding steroid dienone is 3. The van der Waals surface area contributed by atoms with E-state index in [0.29, 0.717) is 12.3 Å². The van der Waals surface area contributed by atoms with Crippen LogP contribution in [0.3, 0.4) is 0 Å². The van der Waals surface area contributed by atoms with E-state index in [1.807, 2.05) is 6.08 Å². The number of rotatable bonds is 1. The van der Waals surface area contributed by atoms with Gasteiger partial charge in [-0.1, -0.05) is 12.2 Å². The third-order valence-electron chi connectivity index (χ3n) is 2.84. The summed E-state index contributed by atoms with van der Waals surface area (Å²) in [5.74, 6) is 0.661. The van der Waals surface area contributed by atoms with E-state index < -0.39 is 0 Å². The minimum Gasteiger partial charge on any atom is -0.377 e. The van der Waals surface area contributed by atoms with Crippen molar-refractivity contribution in [3.8, 4) is 0 Å². The van der Waals surface area contributed by atoms with Crippen molar-refractivity contribution in [2.24, 2.45) is 5.92 Å². The van der Waals surface area contributed by atoms with Gasteiger partial charge in [-0.05, 0) is 24.5 Å². The highest BCUT2D eigenvalue weighted by atomic mass is 16.5. The van der Waals surface area contributed by atoms with Crippen molar-refractivity contribution in [1.29, 1.82) is 0 Å². The van der Waals surface area contributed by atoms with E-state index in [4.69, 9.17) is 4.74 Å². The molecule has 0 aromatic heterocycles. The van der Waals surface area contributed by atoms with Gasteiger partial charge in [-0.15, -0.1) is 0 Å². The van der Waals surface area contributed by atoms with Crippen molar-refractivity contribution in [2.45, 2.75) is 25.4 Å². The van der Waals surface area contributed by atoms with Gasteiger partial charge < -0.3 is 4.74 Å². The van der Waals surface area contributed by atoms with Crippen molar-refractivity contribution in [3.63, 3.8) is 0 Å². The van der Waals surface area contributed by atoms with Crippen LogP contribution in [0.15, 0.2) is 23.8 Å². The summed E-state index contributed by atoms with van der Waals surface area (Å²) in [6.07, 6.45) is 8.81. The highest BCUT2D eigenvalue weighted by molar-refractivity contribution is 5.92. The first-order chi connectivity index (χ1) is 6.31. The zero-order chi connectivity index (χ0) is 9.26. The monoisotopic (exact) mass is 178 g/mol. The molecule has 2 aliphatic rings. The average molecular weight is 178 g/mol. The zero-order valence-corrected chi connectivity index (χ0v) is 7.82. The SMILES string of the molecule is COC1CCC2C=CCC(=O)C=C21. The topological polar surface area (TPSA) is 26.3 Å². The van der Waals surface area contributed by atoms with Gasteiger partial charge in [0, 0.05) is 19.4 Å². The van der Waals surface area contributed by atoms with E-state index in [0.717, 1.165) is 12.8 Å². The minimum atomic E-state index is 0.178. The van der Waals surface area contributed by atoms with Crippen LogP contribution >= 0.6 is 0 Å². The van der Waals surface area contributed by atoms with E-state index in [1.165, 1.54) is 5.57 Å². The smallest absolute Gasteiger partial charge is 0.159 e. The Morgan fingerprint density at radius 2 is 2.31 bits per heavy atom. The van der Waals surface area contributed by atoms with Gasteiger partial charge in [0.15, 0.2) is 5.78 Å². The predicted octanol–water partition coefficient (Wildman–Crippen LogP) is 1.87. The number of hydrogen-bond acceptors (Lipinski definition) is 2. The summed E-state index contributed by atoms with van der Waals surface area (Å²) in [6, 6.07) is 0. The summed E-state index contributed by atoms with van der Waals surface area (Å²) in [7, 11) is 1.72. The van der Waals surface area contributed by atoms with Crippen molar-refractivity contribution < 1.29 is 9.53 Å². The molecule has 2 aliphatic carbocycles. The lowest BCUT2D eigenvalue weighted by Crippen LogP contribution is -2.10. The lowest BCUT2D eigenvalue weighted by Gasteiger charge is -2.11. The molecule has 0 aliphatic heterocycles. The van der Waals surface area contributed by atoms with E-state index in [1.54, 1.807) is 13.2 Å². The van der Waals surface area contributed by atoms with Crippen LogP contribution in [0.5, 0.6) is 0 Å². The molecule has 2 nitrogen and oxygen atoms in total. The van der Waals surface area contributed by atoms with Crippen molar-refractivity contribution in [1.82, 2.24) is 0 Å². The maximum atomic E-state index is 11.3. The van der Waals surface area contributed by atoms with Gasteiger partial charge in [0.05, 0.1) is 6.10 Å². The van der Waals surface area contributed by atoms with E-state index in [2.05, 4.69) is 6.08 Å². The Balaban J connectivity index is 2.28. The van der Waals surface area contributed by atoms with Gasteiger partial charge in [-0.2, -0.15) is 0 Å². The molecule has 0 radical (unpaired) electrons. The summed E-state index contributed by atoms with van der Waals surface area (Å²) in [5.41, 5.74) is 1.18. The molecule has 13 heavy (non-hydrogen) atoms. The molecule has 0 amide bonds. The van der Waals surface area contributed by atoms with Crippen molar-refractivity contribution in [3.05, 3.63) is 23.8 Å². The van der Waals surface area contributed by atoms with Crippen molar-refractivity contribution in [2.75, 3.05) is 7.11 Å². The second kappa shape index (κ2) is 3.46. The van der Waals surface area contributed by atoms with E-state index in [-0.39, 0.29) is 11.9 Å². The normalized spacial score (nSPS) is 32.7. The molecule has 0 N–H and O–H groups in total. The van der Waals surface area contributed by atoms with Gasteiger partial charge in [0.2, 0.25) is 0 Å². The first-order valence-electron chi connectivity index (χ1n) is 4.75. The van der Waals surface area contributed by atoms with Crippen LogP contribution < -0.4 is 0 Å². The Hall–Kier alpha value is -0.890. The molecule has 70 valence electrons. The van der Waals surface area contributed by atoms with Crippen LogP contribution in [0.4, 0.5) is 0 Å². The van der Waals surface area contributed by atoms with Crippen LogP contribution in [0.2, 0.25) is 0 Å². The fraction of sp³-hybridized carbons (Fsp3) is 0.545. The molecular formula is C11H14O2. The van der Waals surface area contributed by atoms with Crippen LogP contribution in [0.25, 0.3) is 0 Å². The summed E-state index contributed by atoms with van der Waals surface area (Å²) >= 11 is 0. The molecule has 2 unspecified atom stereocenters. The fourth-order valence-corrected chi connectivity index (χ4v) is 2.16. The first-order valence-corrected chi connectivity index (χ1v) is 4.75. The zero-order valence-electron chi connectivity index (χ0n) is 7.82. The van der Waals surface area contributed by atoms with Crippen LogP contribution in [0, 0.1) is 5.92 Å². The second-order valence-corrected chi connectivity index (χ2v) is 3.65. The van der Waals surface area contributed by atoms with Crippen LogP contribution in [0.1, 0.15) is 19.3 Å². The van der Waals surface area contributed by atoms with Crippen LogP contribution in [-0.2, 0) is 9.53 Å². The second-order valence-electron chi connectivity index (χ2n) is 3.65. The summed E-state index contributed by atoms with van der Waals surface area (Å²) in [5, 5.41) is 0. The highest BCUT2D eigenvalue weighted by Crippen LogP contribution is 2.35. The molecular weight excluding hydrogens is 164 g/mol. The van der Waals surface area contributed by atoms with Crippen molar-refractivity contribution >= 4 is 5.78 Å². The predicted molar refractivity (Wildman–Crippen MR) is 50.4 cm³/mol. The van der Waals surface area contributed by atoms with E-state index >= 15 is 0 Å². The third kappa shape index (κ3) is 1.59. The maximum Gasteiger partial charge on any atom is 0.159 e. The minimum absolute atomic E-state index is 0.178. The number of ketones is 1. The van der Waals surface area contributed by atoms with E-state index in [9.17, 15) is 4.79 Å². The molecule has 0 spiro atoms. The number of carbonyl (C=O) groups excluding carboxylic acids is 1. The molecule has 0 bridgehead atoms. The summed E-state index contributed by atoms with van der Waals surface area (Å²) in [4.78, 5) is 11.3. The first kappa shape index (κ1) is 8.70. The molecule has 2 heteroatoms. The molecule has 0 aromatic carbocycles. The Bertz CT molecular complexity index is 276. The average Bonchev–Trinajstić information content (AvgIpc) is 2.39. The maximum absolute atomic E-state index is 11.3. The summed E-state index contributed by atoms with van der Waals surface area (Å²) < 4.78 is 5.33. The number of ether oxygens (including phenoxy) is 1. The number of fused-ring (bicyclic) bond motifs is 1. The van der Waals surface area contributed by atoms with Gasteiger partial charge in [-0.3, -0.25) is 4.79 Å². The van der Waals surface area contributed by atoms with Crippen LogP contribution in [-0.4, -0.2) is 19.0 Å². The molecule has 2 rings (SSSR count). The largest absolute Gasteiger partial charge is 0.377 e. The summed E-state index contributed by atoms with van der Waals surface area (Å²) in [6.45, 7) is 0. The molecule has 0 aromatic rings. The van der Waals surface area contributed by atoms with Gasteiger partial charge >= 0.3 is 0 Å². The quantitative estimate of drug-likeness (QED) is 0.573. The van der Waals surface area contributed by atoms with Gasteiger partial charge in [0.25, 0.3) is 0 Å². The molecule has 1 saturated carbocycles. The Labute approximate surface area is 78.3 Å². The highest BCUT2D eigenvalue weighted by Gasteiger charge is 2.29. The number of carbonyl (C=O) groups is 1. The molecule has 0 saturated heterocycles. The number of hydrogen-bond donors (Lipinski definition) is 0. The number of methoxy groups -OCH3 is 1. The Kier molecular flexibility index (Phi) is 2.32. The molecule has 2 atom stereocenters. The molecule has 1 fully saturated rings. The lowest BCUT2D eigenvalue weighted by atomic mass is 10.0. The van der Waals surface area contributed by atoms with Gasteiger partial charge in [0.1, 0.15) is 0 Å². The standard InChI is InChI=1S/C11H14O2/c1-13-11-6-5-8-3-2-4-9(12)7-10(8)11/h2-3,7-8,11H,4-6H2,1H3. The fourth-order valence-electron chi connectivity index (χ4n) is 2.16. The molecule has 0 heterocycles. The Morgan fingerprint density at radius 3 is 3.08 bits per heavy atom. The van der Waals surface area contributed by atoms with Gasteiger partial charge in [-0.25, -0.2) is 0 Å². The third-order valence-corrected chi connectivity index (χ3v) is 2.84. The lowest BCUT2D eigenvalue weighted by molar-refractivity contribution is -0.113.